The zero-order chi connectivity index (χ0) is 16.2. The summed E-state index contributed by atoms with van der Waals surface area (Å²) in [7, 11) is 1.85. The standard InChI is InChI=1S/C18H20ClN3O/c1-21(15-5-3-2-4-6-15)18(23)14-8-11-22(12-9-14)17-7-10-20-13-16(17)19/h2-7,10,13-14H,8-9,11-12H2,1H3. The maximum Gasteiger partial charge on any atom is 0.229 e. The van der Waals surface area contributed by atoms with Crippen molar-refractivity contribution in [3.63, 3.8) is 0 Å². The number of para-hydroxylation sites is 1. The van der Waals surface area contributed by atoms with Gasteiger partial charge in [0, 0.05) is 44.1 Å². The fourth-order valence-corrected chi connectivity index (χ4v) is 3.28. The minimum absolute atomic E-state index is 0.0667. The predicted octanol–water partition coefficient (Wildman–Crippen LogP) is 3.61. The Morgan fingerprint density at radius 3 is 2.57 bits per heavy atom. The molecular formula is C18H20ClN3O. The Hall–Kier alpha value is -2.07. The number of aromatic nitrogens is 1. The molecule has 2 aromatic rings. The van der Waals surface area contributed by atoms with Crippen LogP contribution in [0, 0.1) is 5.92 Å². The molecule has 1 aromatic heterocycles. The second-order valence-electron chi connectivity index (χ2n) is 5.82. The SMILES string of the molecule is CN(C(=O)C1CCN(c2ccncc2Cl)CC1)c1ccccc1. The molecule has 0 N–H and O–H groups in total. The summed E-state index contributed by atoms with van der Waals surface area (Å²) in [5, 5.41) is 0.665. The van der Waals surface area contributed by atoms with Crippen molar-refractivity contribution in [2.24, 2.45) is 5.92 Å². The molecule has 23 heavy (non-hydrogen) atoms. The van der Waals surface area contributed by atoms with E-state index in [0.29, 0.717) is 5.02 Å². The van der Waals surface area contributed by atoms with Crippen LogP contribution in [-0.4, -0.2) is 31.0 Å². The van der Waals surface area contributed by atoms with E-state index in [1.165, 1.54) is 0 Å². The van der Waals surface area contributed by atoms with Crippen LogP contribution in [0.25, 0.3) is 0 Å². The average molecular weight is 330 g/mol. The molecule has 1 aliphatic heterocycles. The number of amides is 1. The number of pyridine rings is 1. The lowest BCUT2D eigenvalue weighted by atomic mass is 9.95. The Labute approximate surface area is 141 Å². The summed E-state index contributed by atoms with van der Waals surface area (Å²) in [5.41, 5.74) is 1.95. The lowest BCUT2D eigenvalue weighted by Crippen LogP contribution is -2.41. The largest absolute Gasteiger partial charge is 0.370 e. The Bertz CT molecular complexity index is 669. The number of hydrogen-bond acceptors (Lipinski definition) is 3. The van der Waals surface area contributed by atoms with Crippen molar-refractivity contribution in [1.82, 2.24) is 4.98 Å². The van der Waals surface area contributed by atoms with Crippen LogP contribution in [0.2, 0.25) is 5.02 Å². The van der Waals surface area contributed by atoms with Crippen molar-refractivity contribution in [2.45, 2.75) is 12.8 Å². The molecule has 0 bridgehead atoms. The van der Waals surface area contributed by atoms with E-state index >= 15 is 0 Å². The van der Waals surface area contributed by atoms with E-state index in [-0.39, 0.29) is 11.8 Å². The first-order valence-corrected chi connectivity index (χ1v) is 8.21. The van der Waals surface area contributed by atoms with Gasteiger partial charge in [0.25, 0.3) is 0 Å². The summed E-state index contributed by atoms with van der Waals surface area (Å²) in [5.74, 6) is 0.258. The minimum atomic E-state index is 0.0667. The van der Waals surface area contributed by atoms with Crippen LogP contribution < -0.4 is 9.80 Å². The predicted molar refractivity (Wildman–Crippen MR) is 94.0 cm³/mol. The molecule has 0 saturated carbocycles. The normalized spacial score (nSPS) is 15.5. The molecule has 1 saturated heterocycles. The third-order valence-corrected chi connectivity index (χ3v) is 4.70. The summed E-state index contributed by atoms with van der Waals surface area (Å²) in [6.07, 6.45) is 5.10. The molecule has 3 rings (SSSR count). The van der Waals surface area contributed by atoms with Crippen LogP contribution >= 0.6 is 11.6 Å². The molecule has 1 aromatic carbocycles. The number of rotatable bonds is 3. The number of halogens is 1. The Kier molecular flexibility index (Phi) is 4.82. The highest BCUT2D eigenvalue weighted by molar-refractivity contribution is 6.33. The van der Waals surface area contributed by atoms with Gasteiger partial charge in [0.2, 0.25) is 5.91 Å². The molecule has 0 unspecified atom stereocenters. The second kappa shape index (κ2) is 7.01. The molecule has 5 heteroatoms. The van der Waals surface area contributed by atoms with Gasteiger partial charge in [-0.2, -0.15) is 0 Å². The van der Waals surface area contributed by atoms with Crippen LogP contribution in [-0.2, 0) is 4.79 Å². The van der Waals surface area contributed by atoms with Gasteiger partial charge in [-0.1, -0.05) is 29.8 Å². The Morgan fingerprint density at radius 1 is 1.22 bits per heavy atom. The highest BCUT2D eigenvalue weighted by Crippen LogP contribution is 2.29. The summed E-state index contributed by atoms with van der Waals surface area (Å²) < 4.78 is 0. The lowest BCUT2D eigenvalue weighted by Gasteiger charge is -2.34. The molecule has 0 aliphatic carbocycles. The molecular weight excluding hydrogens is 310 g/mol. The van der Waals surface area contributed by atoms with E-state index in [1.807, 2.05) is 43.4 Å². The lowest BCUT2D eigenvalue weighted by molar-refractivity contribution is -0.122. The second-order valence-corrected chi connectivity index (χ2v) is 6.23. The van der Waals surface area contributed by atoms with Crippen molar-refractivity contribution in [1.29, 1.82) is 0 Å². The molecule has 4 nitrogen and oxygen atoms in total. The molecule has 2 heterocycles. The number of hydrogen-bond donors (Lipinski definition) is 0. The van der Waals surface area contributed by atoms with E-state index in [2.05, 4.69) is 9.88 Å². The molecule has 0 spiro atoms. The highest BCUT2D eigenvalue weighted by atomic mass is 35.5. The number of piperidine rings is 1. The van der Waals surface area contributed by atoms with Crippen molar-refractivity contribution in [3.05, 3.63) is 53.8 Å². The number of nitrogens with zero attached hydrogens (tertiary/aromatic N) is 3. The van der Waals surface area contributed by atoms with E-state index < -0.39 is 0 Å². The number of anilines is 2. The number of benzene rings is 1. The number of carbonyl (C=O) groups excluding carboxylic acids is 1. The molecule has 0 atom stereocenters. The first kappa shape index (κ1) is 15.8. The number of carbonyl (C=O) groups is 1. The summed E-state index contributed by atoms with van der Waals surface area (Å²) in [6, 6.07) is 11.7. The Balaban J connectivity index is 1.63. The van der Waals surface area contributed by atoms with Gasteiger partial charge in [0.05, 0.1) is 10.7 Å². The van der Waals surface area contributed by atoms with Crippen LogP contribution in [0.1, 0.15) is 12.8 Å². The van der Waals surface area contributed by atoms with Gasteiger partial charge < -0.3 is 9.80 Å². The van der Waals surface area contributed by atoms with Gasteiger partial charge in [0.1, 0.15) is 0 Å². The van der Waals surface area contributed by atoms with Gasteiger partial charge in [-0.15, -0.1) is 0 Å². The zero-order valence-electron chi connectivity index (χ0n) is 13.2. The fraction of sp³-hybridized carbons (Fsp3) is 0.333. The van der Waals surface area contributed by atoms with Crippen molar-refractivity contribution in [2.75, 3.05) is 29.9 Å². The molecule has 1 amide bonds. The smallest absolute Gasteiger partial charge is 0.229 e. The van der Waals surface area contributed by atoms with Crippen LogP contribution in [0.4, 0.5) is 11.4 Å². The molecule has 0 radical (unpaired) electrons. The Morgan fingerprint density at radius 2 is 1.91 bits per heavy atom. The van der Waals surface area contributed by atoms with E-state index in [4.69, 9.17) is 11.6 Å². The minimum Gasteiger partial charge on any atom is -0.370 e. The van der Waals surface area contributed by atoms with Gasteiger partial charge in [-0.25, -0.2) is 0 Å². The maximum absolute atomic E-state index is 12.7. The van der Waals surface area contributed by atoms with Crippen molar-refractivity contribution in [3.8, 4) is 0 Å². The van der Waals surface area contributed by atoms with Crippen molar-refractivity contribution >= 4 is 28.9 Å². The third-order valence-electron chi connectivity index (χ3n) is 4.41. The fourth-order valence-electron chi connectivity index (χ4n) is 3.04. The summed E-state index contributed by atoms with van der Waals surface area (Å²) in [4.78, 5) is 20.7. The van der Waals surface area contributed by atoms with Gasteiger partial charge in [0.15, 0.2) is 0 Å². The zero-order valence-corrected chi connectivity index (χ0v) is 13.9. The maximum atomic E-state index is 12.7. The first-order valence-electron chi connectivity index (χ1n) is 7.84. The van der Waals surface area contributed by atoms with E-state index in [1.54, 1.807) is 17.3 Å². The van der Waals surface area contributed by atoms with Gasteiger partial charge in [-0.3, -0.25) is 9.78 Å². The molecule has 1 aliphatic rings. The van der Waals surface area contributed by atoms with Gasteiger partial charge >= 0.3 is 0 Å². The summed E-state index contributed by atoms with van der Waals surface area (Å²) in [6.45, 7) is 1.67. The van der Waals surface area contributed by atoms with Crippen LogP contribution in [0.15, 0.2) is 48.8 Å². The van der Waals surface area contributed by atoms with Crippen molar-refractivity contribution < 1.29 is 4.79 Å². The third kappa shape index (κ3) is 3.48. The molecule has 120 valence electrons. The highest BCUT2D eigenvalue weighted by Gasteiger charge is 2.28. The van der Waals surface area contributed by atoms with Crippen LogP contribution in [0.3, 0.4) is 0 Å². The van der Waals surface area contributed by atoms with Crippen LogP contribution in [0.5, 0.6) is 0 Å². The van der Waals surface area contributed by atoms with E-state index in [0.717, 1.165) is 37.3 Å². The molecule has 1 fully saturated rings. The van der Waals surface area contributed by atoms with E-state index in [9.17, 15) is 4.79 Å². The monoisotopic (exact) mass is 329 g/mol. The first-order chi connectivity index (χ1) is 11.2. The summed E-state index contributed by atoms with van der Waals surface area (Å²) >= 11 is 6.21. The average Bonchev–Trinajstić information content (AvgIpc) is 2.62. The topological polar surface area (TPSA) is 36.4 Å². The quantitative estimate of drug-likeness (QED) is 0.863. The van der Waals surface area contributed by atoms with Gasteiger partial charge in [-0.05, 0) is 31.0 Å².